The number of carbonyl (C=O) groups excluding carboxylic acids is 3. The van der Waals surface area contributed by atoms with Crippen LogP contribution in [0.1, 0.15) is 278 Å². The molecule has 0 heterocycles. The van der Waals surface area contributed by atoms with Gasteiger partial charge in [-0.1, -0.05) is 271 Å². The fourth-order valence-corrected chi connectivity index (χ4v) is 8.30. The van der Waals surface area contributed by atoms with E-state index in [9.17, 15) is 14.4 Å². The van der Waals surface area contributed by atoms with Crippen molar-refractivity contribution >= 4 is 17.9 Å². The van der Waals surface area contributed by atoms with E-state index in [0.717, 1.165) is 128 Å². The van der Waals surface area contributed by atoms with Crippen LogP contribution in [-0.4, -0.2) is 37.2 Å². The van der Waals surface area contributed by atoms with Crippen molar-refractivity contribution in [3.05, 3.63) is 122 Å². The molecule has 1 atom stereocenters. The molecule has 6 heteroatoms. The lowest BCUT2D eigenvalue weighted by molar-refractivity contribution is -0.167. The molecule has 0 bridgehead atoms. The molecule has 0 spiro atoms. The molecule has 0 aromatic carbocycles. The van der Waals surface area contributed by atoms with Gasteiger partial charge in [-0.05, 0) is 109 Å². The Labute approximate surface area is 462 Å². The molecule has 0 amide bonds. The van der Waals surface area contributed by atoms with Crippen molar-refractivity contribution < 1.29 is 28.6 Å². The lowest BCUT2D eigenvalue weighted by atomic mass is 10.0. The SMILES string of the molecule is CC/C=C\C/C=C\C/C=C\C/C=C\C/C=C\C/C=C\C/C=C\C/C=C\CCCCC(=O)OCC(COC(=O)CCCCCCC/C=C\C/C=C\CCCC)OC(=O)CCCCCCCCCCCCCCCCCC. The van der Waals surface area contributed by atoms with E-state index in [1.807, 2.05) is 0 Å². The standard InChI is InChI=1S/C69H114O6/c1-4-7-10-13-16-19-22-25-28-30-31-32-33-34-35-36-37-38-39-40-42-44-47-50-53-56-59-62-68(71)74-65-66(64-73-67(70)61-58-55-52-49-46-43-27-24-21-18-15-12-9-6-3)75-69(72)63-60-57-54-51-48-45-41-29-26-23-20-17-14-11-8-5-2/h7,10,15-16,18-19,24-25,27-28,31-32,34-35,37-38,40,42,47,50,66H,4-6,8-9,11-14,17,20-23,26,29-30,33,36,39,41,43-46,48-49,51-65H2,1-3H3/b10-7-,18-15-,19-16-,27-24-,28-25-,32-31-,35-34-,38-37-,42-40-,50-47-. The normalized spacial score (nSPS) is 12.9. The monoisotopic (exact) mass is 1040 g/mol. The predicted molar refractivity (Wildman–Crippen MR) is 325 cm³/mol. The molecular formula is C69H114O6. The van der Waals surface area contributed by atoms with Gasteiger partial charge >= 0.3 is 17.9 Å². The van der Waals surface area contributed by atoms with Crippen molar-refractivity contribution in [3.8, 4) is 0 Å². The highest BCUT2D eigenvalue weighted by atomic mass is 16.6. The molecule has 426 valence electrons. The third kappa shape index (κ3) is 60.6. The second-order valence-corrected chi connectivity index (χ2v) is 20.2. The highest BCUT2D eigenvalue weighted by Gasteiger charge is 2.19. The molecule has 0 aliphatic carbocycles. The topological polar surface area (TPSA) is 78.9 Å². The quantitative estimate of drug-likeness (QED) is 0.0261. The maximum absolute atomic E-state index is 12.9. The first-order valence-corrected chi connectivity index (χ1v) is 31.0. The van der Waals surface area contributed by atoms with Crippen LogP contribution in [-0.2, 0) is 28.6 Å². The van der Waals surface area contributed by atoms with Crippen LogP contribution in [0.15, 0.2) is 122 Å². The molecule has 0 radical (unpaired) electrons. The summed E-state index contributed by atoms with van der Waals surface area (Å²) in [5.41, 5.74) is 0. The molecule has 6 nitrogen and oxygen atoms in total. The number of ether oxygens (including phenoxy) is 3. The second-order valence-electron chi connectivity index (χ2n) is 20.2. The van der Waals surface area contributed by atoms with Crippen LogP contribution in [0.25, 0.3) is 0 Å². The summed E-state index contributed by atoms with van der Waals surface area (Å²) in [5, 5.41) is 0. The van der Waals surface area contributed by atoms with Gasteiger partial charge in [-0.3, -0.25) is 14.4 Å². The summed E-state index contributed by atoms with van der Waals surface area (Å²) in [6.07, 6.45) is 86.2. The first-order chi connectivity index (χ1) is 37.0. The Morgan fingerprint density at radius 2 is 0.533 bits per heavy atom. The molecule has 0 fully saturated rings. The Morgan fingerprint density at radius 1 is 0.280 bits per heavy atom. The predicted octanol–water partition coefficient (Wildman–Crippen LogP) is 21.2. The minimum absolute atomic E-state index is 0.0996. The Kier molecular flexibility index (Phi) is 58.9. The van der Waals surface area contributed by atoms with Crippen LogP contribution in [0, 0.1) is 0 Å². The Balaban J connectivity index is 4.44. The van der Waals surface area contributed by atoms with E-state index >= 15 is 0 Å². The maximum Gasteiger partial charge on any atom is 0.306 e. The number of esters is 3. The van der Waals surface area contributed by atoms with E-state index in [-0.39, 0.29) is 31.1 Å². The zero-order chi connectivity index (χ0) is 54.3. The molecule has 0 aliphatic rings. The van der Waals surface area contributed by atoms with Crippen LogP contribution in [0.4, 0.5) is 0 Å². The van der Waals surface area contributed by atoms with Gasteiger partial charge in [-0.25, -0.2) is 0 Å². The van der Waals surface area contributed by atoms with Crippen molar-refractivity contribution in [1.29, 1.82) is 0 Å². The molecule has 0 rings (SSSR count). The number of rotatable bonds is 55. The smallest absolute Gasteiger partial charge is 0.306 e. The van der Waals surface area contributed by atoms with E-state index in [2.05, 4.69) is 142 Å². The highest BCUT2D eigenvalue weighted by Crippen LogP contribution is 2.16. The molecule has 0 saturated heterocycles. The Hall–Kier alpha value is -4.19. The van der Waals surface area contributed by atoms with Crippen LogP contribution < -0.4 is 0 Å². The third-order valence-electron chi connectivity index (χ3n) is 13.0. The largest absolute Gasteiger partial charge is 0.462 e. The van der Waals surface area contributed by atoms with E-state index < -0.39 is 6.10 Å². The van der Waals surface area contributed by atoms with Crippen molar-refractivity contribution in [3.63, 3.8) is 0 Å². The van der Waals surface area contributed by atoms with Gasteiger partial charge < -0.3 is 14.2 Å². The van der Waals surface area contributed by atoms with E-state index in [1.165, 1.54) is 103 Å². The van der Waals surface area contributed by atoms with Gasteiger partial charge in [0.15, 0.2) is 6.10 Å². The second kappa shape index (κ2) is 62.4. The maximum atomic E-state index is 12.9. The fraction of sp³-hybridized carbons (Fsp3) is 0.667. The molecule has 1 unspecified atom stereocenters. The summed E-state index contributed by atoms with van der Waals surface area (Å²) in [6, 6.07) is 0. The molecule has 0 saturated carbocycles. The lowest BCUT2D eigenvalue weighted by Gasteiger charge is -2.18. The fourth-order valence-electron chi connectivity index (χ4n) is 8.30. The van der Waals surface area contributed by atoms with Crippen molar-refractivity contribution in [2.75, 3.05) is 13.2 Å². The first-order valence-electron chi connectivity index (χ1n) is 31.0. The van der Waals surface area contributed by atoms with Gasteiger partial charge in [0, 0.05) is 19.3 Å². The molecule has 75 heavy (non-hydrogen) atoms. The summed E-state index contributed by atoms with van der Waals surface area (Å²) >= 11 is 0. The summed E-state index contributed by atoms with van der Waals surface area (Å²) in [7, 11) is 0. The van der Waals surface area contributed by atoms with Crippen LogP contribution in [0.2, 0.25) is 0 Å². The average molecular weight is 1040 g/mol. The van der Waals surface area contributed by atoms with E-state index in [4.69, 9.17) is 14.2 Å². The molecule has 0 N–H and O–H groups in total. The number of hydrogen-bond donors (Lipinski definition) is 0. The van der Waals surface area contributed by atoms with Gasteiger partial charge in [0.2, 0.25) is 0 Å². The molecular weight excluding hydrogens is 925 g/mol. The Bertz CT molecular complexity index is 1570. The third-order valence-corrected chi connectivity index (χ3v) is 13.0. The van der Waals surface area contributed by atoms with E-state index in [0.29, 0.717) is 25.7 Å². The lowest BCUT2D eigenvalue weighted by Crippen LogP contribution is -2.30. The molecule has 0 aromatic rings. The van der Waals surface area contributed by atoms with Gasteiger partial charge in [0.1, 0.15) is 13.2 Å². The number of allylic oxidation sites excluding steroid dienone is 20. The van der Waals surface area contributed by atoms with Crippen molar-refractivity contribution in [2.24, 2.45) is 0 Å². The molecule has 0 aromatic heterocycles. The summed E-state index contributed by atoms with van der Waals surface area (Å²) < 4.78 is 16.9. The van der Waals surface area contributed by atoms with Crippen LogP contribution in [0.5, 0.6) is 0 Å². The number of hydrogen-bond acceptors (Lipinski definition) is 6. The average Bonchev–Trinajstić information content (AvgIpc) is 3.41. The van der Waals surface area contributed by atoms with Crippen molar-refractivity contribution in [2.45, 2.75) is 284 Å². The highest BCUT2D eigenvalue weighted by molar-refractivity contribution is 5.71. The van der Waals surface area contributed by atoms with Crippen LogP contribution in [0.3, 0.4) is 0 Å². The van der Waals surface area contributed by atoms with Crippen LogP contribution >= 0.6 is 0 Å². The summed E-state index contributed by atoms with van der Waals surface area (Å²) in [5.74, 6) is -0.953. The van der Waals surface area contributed by atoms with Gasteiger partial charge in [0.25, 0.3) is 0 Å². The van der Waals surface area contributed by atoms with Gasteiger partial charge in [-0.2, -0.15) is 0 Å². The van der Waals surface area contributed by atoms with Gasteiger partial charge in [-0.15, -0.1) is 0 Å². The zero-order valence-corrected chi connectivity index (χ0v) is 48.8. The van der Waals surface area contributed by atoms with E-state index in [1.54, 1.807) is 0 Å². The molecule has 0 aliphatic heterocycles. The number of carbonyl (C=O) groups is 3. The van der Waals surface area contributed by atoms with Gasteiger partial charge in [0.05, 0.1) is 0 Å². The minimum atomic E-state index is -0.804. The minimum Gasteiger partial charge on any atom is -0.462 e. The number of unbranched alkanes of at least 4 members (excludes halogenated alkanes) is 24. The van der Waals surface area contributed by atoms with Crippen molar-refractivity contribution in [1.82, 2.24) is 0 Å². The Morgan fingerprint density at radius 3 is 0.880 bits per heavy atom. The zero-order valence-electron chi connectivity index (χ0n) is 48.8. The summed E-state index contributed by atoms with van der Waals surface area (Å²) in [6.45, 7) is 6.45. The first kappa shape index (κ1) is 70.8. The summed E-state index contributed by atoms with van der Waals surface area (Å²) in [4.78, 5) is 38.2.